The molecule has 0 saturated heterocycles. The number of hydrogen-bond acceptors (Lipinski definition) is 1. The summed E-state index contributed by atoms with van der Waals surface area (Å²) in [6, 6.07) is 16.4. The van der Waals surface area contributed by atoms with Gasteiger partial charge in [-0.15, -0.1) is 9.24 Å². The molecule has 4 heteroatoms. The van der Waals surface area contributed by atoms with E-state index in [-0.39, 0.29) is 17.0 Å². The maximum Gasteiger partial charge on any atom is 0.130 e. The monoisotopic (exact) mass is 393 g/mol. The molecule has 2 atom stereocenters. The third kappa shape index (κ3) is 3.25. The van der Waals surface area contributed by atoms with Crippen LogP contribution in [0.15, 0.2) is 66.9 Å². The Morgan fingerprint density at radius 1 is 1.00 bits per heavy atom. The molecule has 1 N–H and O–H groups in total. The van der Waals surface area contributed by atoms with Crippen molar-refractivity contribution in [1.82, 2.24) is 0 Å². The molecule has 0 spiro atoms. The summed E-state index contributed by atoms with van der Waals surface area (Å²) in [6.45, 7) is 8.26. The second kappa shape index (κ2) is 6.83. The molecule has 2 unspecified atom stereocenters. The molecule has 142 valence electrons. The molecule has 1 heterocycles. The minimum Gasteiger partial charge on any atom is -0.358 e. The zero-order valence-electron chi connectivity index (χ0n) is 15.9. The van der Waals surface area contributed by atoms with Crippen molar-refractivity contribution in [3.8, 4) is 11.1 Å². The average Bonchev–Trinajstić information content (AvgIpc) is 2.86. The number of allylic oxidation sites excluding steroid dienone is 1. The number of halogens is 2. The molecule has 0 aromatic heterocycles. The molecule has 3 aromatic rings. The Labute approximate surface area is 166 Å². The molecule has 0 amide bonds. The second-order valence-electron chi connectivity index (χ2n) is 7.75. The van der Waals surface area contributed by atoms with Crippen LogP contribution in [0.5, 0.6) is 0 Å². The van der Waals surface area contributed by atoms with Gasteiger partial charge >= 0.3 is 0 Å². The fourth-order valence-corrected chi connectivity index (χ4v) is 4.28. The van der Waals surface area contributed by atoms with Gasteiger partial charge in [-0.3, -0.25) is 0 Å². The number of aryl methyl sites for hydroxylation is 1. The van der Waals surface area contributed by atoms with Gasteiger partial charge < -0.3 is 5.32 Å². The maximum absolute atomic E-state index is 13.9. The quantitative estimate of drug-likeness (QED) is 0.548. The lowest BCUT2D eigenvalue weighted by Crippen LogP contribution is -2.25. The number of rotatable bonds is 3. The van der Waals surface area contributed by atoms with Crippen molar-refractivity contribution in [3.63, 3.8) is 0 Å². The Morgan fingerprint density at radius 3 is 2.43 bits per heavy atom. The molecule has 0 fully saturated rings. The standard InChI is InChI=1S/C24H22F2NP/c1-14-8-16(10-19(25)9-14)13-24(3)15(2)27-22-7-5-17(11-20(22)24)18-4-6-21(26)23(28)12-18/h4-12,27H,2,13,28H2,1,3H3. The summed E-state index contributed by atoms with van der Waals surface area (Å²) in [6.07, 6.45) is 0.645. The van der Waals surface area contributed by atoms with Crippen LogP contribution in [0.3, 0.4) is 0 Å². The maximum atomic E-state index is 13.9. The topological polar surface area (TPSA) is 12.0 Å². The Balaban J connectivity index is 1.77. The minimum atomic E-state index is -0.366. The van der Waals surface area contributed by atoms with Crippen LogP contribution in [0.4, 0.5) is 14.5 Å². The molecule has 1 aliphatic rings. The highest BCUT2D eigenvalue weighted by atomic mass is 31.0. The number of fused-ring (bicyclic) bond motifs is 1. The normalized spacial score (nSPS) is 18.1. The van der Waals surface area contributed by atoms with Gasteiger partial charge in [-0.1, -0.05) is 24.8 Å². The van der Waals surface area contributed by atoms with Crippen LogP contribution in [-0.2, 0) is 11.8 Å². The van der Waals surface area contributed by atoms with Gasteiger partial charge in [0.1, 0.15) is 11.6 Å². The molecular formula is C24H22F2NP. The lowest BCUT2D eigenvalue weighted by molar-refractivity contribution is 0.572. The van der Waals surface area contributed by atoms with E-state index in [1.807, 2.05) is 31.2 Å². The van der Waals surface area contributed by atoms with Gasteiger partial charge in [-0.2, -0.15) is 0 Å². The molecular weight excluding hydrogens is 371 g/mol. The Hall–Kier alpha value is -2.51. The molecule has 1 nitrogen and oxygen atoms in total. The lowest BCUT2D eigenvalue weighted by Gasteiger charge is -2.26. The van der Waals surface area contributed by atoms with Crippen molar-refractivity contribution >= 4 is 20.2 Å². The lowest BCUT2D eigenvalue weighted by atomic mass is 9.76. The predicted molar refractivity (Wildman–Crippen MR) is 116 cm³/mol. The first kappa shape index (κ1) is 18.8. The van der Waals surface area contributed by atoms with Gasteiger partial charge in [0.05, 0.1) is 0 Å². The highest BCUT2D eigenvalue weighted by molar-refractivity contribution is 7.27. The van der Waals surface area contributed by atoms with E-state index >= 15 is 0 Å². The molecule has 4 rings (SSSR count). The molecule has 0 radical (unpaired) electrons. The van der Waals surface area contributed by atoms with E-state index < -0.39 is 0 Å². The summed E-state index contributed by atoms with van der Waals surface area (Å²) < 4.78 is 27.5. The number of benzene rings is 3. The van der Waals surface area contributed by atoms with E-state index in [1.165, 1.54) is 12.1 Å². The molecule has 0 bridgehead atoms. The Kier molecular flexibility index (Phi) is 4.59. The molecule has 0 saturated carbocycles. The first-order valence-corrected chi connectivity index (χ1v) is 9.76. The SMILES string of the molecule is C=C1Nc2ccc(-c3ccc(F)c(P)c3)cc2C1(C)Cc1cc(C)cc(F)c1. The van der Waals surface area contributed by atoms with Gasteiger partial charge in [-0.25, -0.2) is 8.78 Å². The van der Waals surface area contributed by atoms with Gasteiger partial charge in [0, 0.05) is 22.1 Å². The summed E-state index contributed by atoms with van der Waals surface area (Å²) in [5, 5.41) is 3.92. The molecule has 1 aliphatic heterocycles. The van der Waals surface area contributed by atoms with E-state index in [0.717, 1.165) is 39.2 Å². The summed E-state index contributed by atoms with van der Waals surface area (Å²) in [7, 11) is 2.43. The van der Waals surface area contributed by atoms with Crippen LogP contribution in [0.2, 0.25) is 0 Å². The summed E-state index contributed by atoms with van der Waals surface area (Å²) >= 11 is 0. The van der Waals surface area contributed by atoms with E-state index in [4.69, 9.17) is 0 Å². The van der Waals surface area contributed by atoms with Gasteiger partial charge in [0.15, 0.2) is 0 Å². The number of anilines is 1. The van der Waals surface area contributed by atoms with Crippen molar-refractivity contribution in [1.29, 1.82) is 0 Å². The van der Waals surface area contributed by atoms with Crippen LogP contribution >= 0.6 is 9.24 Å². The van der Waals surface area contributed by atoms with Gasteiger partial charge in [0.25, 0.3) is 0 Å². The minimum absolute atomic E-state index is 0.219. The zero-order valence-corrected chi connectivity index (χ0v) is 17.1. The largest absolute Gasteiger partial charge is 0.358 e. The molecule has 3 aromatic carbocycles. The third-order valence-corrected chi connectivity index (χ3v) is 6.00. The fourth-order valence-electron chi connectivity index (χ4n) is 4.00. The fraction of sp³-hybridized carbons (Fsp3) is 0.167. The number of nitrogens with one attached hydrogen (secondary N) is 1. The summed E-state index contributed by atoms with van der Waals surface area (Å²) in [5.74, 6) is -0.459. The van der Waals surface area contributed by atoms with Crippen molar-refractivity contribution in [3.05, 3.63) is 95.2 Å². The van der Waals surface area contributed by atoms with Gasteiger partial charge in [-0.05, 0) is 84.5 Å². The van der Waals surface area contributed by atoms with Crippen LogP contribution in [0, 0.1) is 18.6 Å². The Morgan fingerprint density at radius 2 is 1.71 bits per heavy atom. The molecule has 28 heavy (non-hydrogen) atoms. The third-order valence-electron chi connectivity index (χ3n) is 5.55. The van der Waals surface area contributed by atoms with E-state index in [9.17, 15) is 8.78 Å². The summed E-state index contributed by atoms with van der Waals surface area (Å²) in [5.41, 5.74) is 6.47. The van der Waals surface area contributed by atoms with E-state index in [2.05, 4.69) is 34.1 Å². The van der Waals surface area contributed by atoms with Crippen molar-refractivity contribution in [2.24, 2.45) is 0 Å². The summed E-state index contributed by atoms with van der Waals surface area (Å²) in [4.78, 5) is 0. The highest BCUT2D eigenvalue weighted by Gasteiger charge is 2.38. The first-order valence-electron chi connectivity index (χ1n) is 9.19. The van der Waals surface area contributed by atoms with Crippen molar-refractivity contribution < 1.29 is 8.78 Å². The van der Waals surface area contributed by atoms with Crippen molar-refractivity contribution in [2.75, 3.05) is 5.32 Å². The average molecular weight is 393 g/mol. The zero-order chi connectivity index (χ0) is 20.1. The van der Waals surface area contributed by atoms with Gasteiger partial charge in [0.2, 0.25) is 0 Å². The van der Waals surface area contributed by atoms with E-state index in [1.54, 1.807) is 12.1 Å². The number of hydrogen-bond donors (Lipinski definition) is 1. The van der Waals surface area contributed by atoms with Crippen LogP contribution in [0.1, 0.15) is 23.6 Å². The highest BCUT2D eigenvalue weighted by Crippen LogP contribution is 2.46. The van der Waals surface area contributed by atoms with Crippen LogP contribution in [0.25, 0.3) is 11.1 Å². The Bertz CT molecular complexity index is 1090. The van der Waals surface area contributed by atoms with Crippen LogP contribution in [-0.4, -0.2) is 0 Å². The molecule has 0 aliphatic carbocycles. The second-order valence-corrected chi connectivity index (χ2v) is 8.37. The smallest absolute Gasteiger partial charge is 0.130 e. The first-order chi connectivity index (χ1) is 13.3. The predicted octanol–water partition coefficient (Wildman–Crippen LogP) is 5.88. The van der Waals surface area contributed by atoms with Crippen molar-refractivity contribution in [2.45, 2.75) is 25.7 Å². The van der Waals surface area contributed by atoms with Crippen LogP contribution < -0.4 is 10.6 Å². The van der Waals surface area contributed by atoms with E-state index in [0.29, 0.717) is 11.7 Å².